The lowest BCUT2D eigenvalue weighted by molar-refractivity contribution is -0.120. The van der Waals surface area contributed by atoms with E-state index in [1.54, 1.807) is 0 Å². The van der Waals surface area contributed by atoms with Crippen molar-refractivity contribution in [2.24, 2.45) is 0 Å². The molecule has 116 valence electrons. The Morgan fingerprint density at radius 2 is 1.68 bits per heavy atom. The highest BCUT2D eigenvalue weighted by Crippen LogP contribution is 2.17. The molecule has 0 aliphatic carbocycles. The number of hydrogen-bond donors (Lipinski definition) is 1. The van der Waals surface area contributed by atoms with E-state index in [2.05, 4.69) is 24.4 Å². The third-order valence-electron chi connectivity index (χ3n) is 3.54. The molecule has 0 atom stereocenters. The molecule has 3 heteroatoms. The number of ether oxygens (including phenoxy) is 1. The minimum Gasteiger partial charge on any atom is -0.494 e. The van der Waals surface area contributed by atoms with E-state index in [0.717, 1.165) is 23.3 Å². The smallest absolute Gasteiger partial charge is 0.224 e. The molecule has 3 nitrogen and oxygen atoms in total. The normalized spacial score (nSPS) is 10.3. The van der Waals surface area contributed by atoms with Gasteiger partial charge in [-0.25, -0.2) is 0 Å². The van der Waals surface area contributed by atoms with Crippen molar-refractivity contribution in [1.82, 2.24) is 5.32 Å². The second-order valence-electron chi connectivity index (χ2n) is 5.16. The maximum atomic E-state index is 12.1. The Hall–Kier alpha value is -2.29. The Bertz CT molecular complexity index is 605. The fourth-order valence-corrected chi connectivity index (χ4v) is 2.28. The van der Waals surface area contributed by atoms with Gasteiger partial charge < -0.3 is 10.1 Å². The zero-order chi connectivity index (χ0) is 15.8. The summed E-state index contributed by atoms with van der Waals surface area (Å²) in [5.41, 5.74) is 3.32. The molecule has 0 aliphatic heterocycles. The van der Waals surface area contributed by atoms with Gasteiger partial charge in [0.2, 0.25) is 5.91 Å². The van der Waals surface area contributed by atoms with Crippen molar-refractivity contribution in [3.63, 3.8) is 0 Å². The number of amides is 1. The summed E-state index contributed by atoms with van der Waals surface area (Å²) < 4.78 is 5.56. The summed E-state index contributed by atoms with van der Waals surface area (Å²) in [6.45, 7) is 5.18. The molecular formula is C19H23NO2. The summed E-state index contributed by atoms with van der Waals surface area (Å²) in [5.74, 6) is 0.855. The zero-order valence-electron chi connectivity index (χ0n) is 13.3. The van der Waals surface area contributed by atoms with Crippen LogP contribution in [0.5, 0.6) is 5.75 Å². The standard InChI is InChI=1S/C19H23NO2/c1-3-15-9-11-16(12-10-15)13-19(21)20-14-17-7-5-6-8-18(17)22-4-2/h5-12H,3-4,13-14H2,1-2H3,(H,20,21). The molecule has 0 spiro atoms. The SMILES string of the molecule is CCOc1ccccc1CNC(=O)Cc1ccc(CC)cc1. The molecule has 22 heavy (non-hydrogen) atoms. The molecule has 0 unspecified atom stereocenters. The Balaban J connectivity index is 1.89. The second kappa shape index (κ2) is 8.23. The van der Waals surface area contributed by atoms with Crippen LogP contribution < -0.4 is 10.1 Å². The molecule has 2 rings (SSSR count). The molecule has 0 heterocycles. The number of nitrogens with one attached hydrogen (secondary N) is 1. The summed E-state index contributed by atoms with van der Waals surface area (Å²) in [4.78, 5) is 12.1. The first-order valence-corrected chi connectivity index (χ1v) is 7.78. The highest BCUT2D eigenvalue weighted by Gasteiger charge is 2.06. The van der Waals surface area contributed by atoms with Crippen LogP contribution in [-0.2, 0) is 24.2 Å². The Morgan fingerprint density at radius 3 is 2.36 bits per heavy atom. The van der Waals surface area contributed by atoms with Crippen LogP contribution in [0.3, 0.4) is 0 Å². The Kier molecular flexibility index (Phi) is 6.01. The minimum absolute atomic E-state index is 0.0237. The molecule has 0 saturated carbocycles. The molecule has 0 radical (unpaired) electrons. The summed E-state index contributed by atoms with van der Waals surface area (Å²) in [7, 11) is 0. The van der Waals surface area contributed by atoms with Crippen molar-refractivity contribution in [2.45, 2.75) is 33.2 Å². The Labute approximate surface area is 132 Å². The molecule has 1 N–H and O–H groups in total. The van der Waals surface area contributed by atoms with E-state index < -0.39 is 0 Å². The van der Waals surface area contributed by atoms with Crippen LogP contribution in [0.25, 0.3) is 0 Å². The average molecular weight is 297 g/mol. The molecule has 0 aliphatic rings. The van der Waals surface area contributed by atoms with Crippen LogP contribution in [0.4, 0.5) is 0 Å². The lowest BCUT2D eigenvalue weighted by Gasteiger charge is -2.11. The largest absolute Gasteiger partial charge is 0.494 e. The van der Waals surface area contributed by atoms with Gasteiger partial charge in [-0.3, -0.25) is 4.79 Å². The lowest BCUT2D eigenvalue weighted by atomic mass is 10.1. The molecular weight excluding hydrogens is 274 g/mol. The van der Waals surface area contributed by atoms with Crippen molar-refractivity contribution in [1.29, 1.82) is 0 Å². The fourth-order valence-electron chi connectivity index (χ4n) is 2.28. The molecule has 2 aromatic rings. The number of para-hydroxylation sites is 1. The molecule has 1 amide bonds. The number of aryl methyl sites for hydroxylation is 1. The zero-order valence-corrected chi connectivity index (χ0v) is 13.3. The first-order chi connectivity index (χ1) is 10.7. The van der Waals surface area contributed by atoms with E-state index >= 15 is 0 Å². The predicted molar refractivity (Wildman–Crippen MR) is 89.0 cm³/mol. The van der Waals surface area contributed by atoms with E-state index in [4.69, 9.17) is 4.74 Å². The monoisotopic (exact) mass is 297 g/mol. The third kappa shape index (κ3) is 4.62. The van der Waals surface area contributed by atoms with Crippen molar-refractivity contribution in [2.75, 3.05) is 6.61 Å². The number of benzene rings is 2. The maximum Gasteiger partial charge on any atom is 0.224 e. The van der Waals surface area contributed by atoms with Gasteiger partial charge in [0.1, 0.15) is 5.75 Å². The van der Waals surface area contributed by atoms with Crippen LogP contribution in [0.1, 0.15) is 30.5 Å². The molecule has 0 aromatic heterocycles. The minimum atomic E-state index is 0.0237. The van der Waals surface area contributed by atoms with E-state index in [1.165, 1.54) is 5.56 Å². The van der Waals surface area contributed by atoms with Gasteiger partial charge in [0, 0.05) is 12.1 Å². The molecule has 2 aromatic carbocycles. The van der Waals surface area contributed by atoms with Crippen molar-refractivity contribution < 1.29 is 9.53 Å². The van der Waals surface area contributed by atoms with E-state index in [1.807, 2.05) is 43.3 Å². The quantitative estimate of drug-likeness (QED) is 0.849. The van der Waals surface area contributed by atoms with Gasteiger partial charge in [0.25, 0.3) is 0 Å². The maximum absolute atomic E-state index is 12.1. The van der Waals surface area contributed by atoms with Crippen LogP contribution in [-0.4, -0.2) is 12.5 Å². The van der Waals surface area contributed by atoms with Crippen LogP contribution in [0.2, 0.25) is 0 Å². The van der Waals surface area contributed by atoms with Gasteiger partial charge >= 0.3 is 0 Å². The van der Waals surface area contributed by atoms with E-state index in [0.29, 0.717) is 19.6 Å². The van der Waals surface area contributed by atoms with E-state index in [-0.39, 0.29) is 5.91 Å². The predicted octanol–water partition coefficient (Wildman–Crippen LogP) is 3.51. The van der Waals surface area contributed by atoms with Gasteiger partial charge in [-0.2, -0.15) is 0 Å². The fraction of sp³-hybridized carbons (Fsp3) is 0.316. The van der Waals surface area contributed by atoms with Gasteiger partial charge in [-0.15, -0.1) is 0 Å². The number of hydrogen-bond acceptors (Lipinski definition) is 2. The summed E-state index contributed by atoms with van der Waals surface area (Å²) in [6.07, 6.45) is 1.42. The lowest BCUT2D eigenvalue weighted by Crippen LogP contribution is -2.24. The third-order valence-corrected chi connectivity index (χ3v) is 3.54. The summed E-state index contributed by atoms with van der Waals surface area (Å²) in [5, 5.41) is 2.96. The summed E-state index contributed by atoms with van der Waals surface area (Å²) >= 11 is 0. The average Bonchev–Trinajstić information content (AvgIpc) is 2.55. The number of carbonyl (C=O) groups is 1. The Morgan fingerprint density at radius 1 is 1.00 bits per heavy atom. The van der Waals surface area contributed by atoms with Crippen LogP contribution in [0, 0.1) is 0 Å². The number of carbonyl (C=O) groups excluding carboxylic acids is 1. The van der Waals surface area contributed by atoms with Gasteiger partial charge in [0.15, 0.2) is 0 Å². The van der Waals surface area contributed by atoms with Gasteiger partial charge in [-0.05, 0) is 30.5 Å². The van der Waals surface area contributed by atoms with Crippen molar-refractivity contribution in [3.05, 3.63) is 65.2 Å². The first-order valence-electron chi connectivity index (χ1n) is 7.78. The molecule has 0 bridgehead atoms. The second-order valence-corrected chi connectivity index (χ2v) is 5.16. The molecule has 0 fully saturated rings. The van der Waals surface area contributed by atoms with Crippen molar-refractivity contribution in [3.8, 4) is 5.75 Å². The van der Waals surface area contributed by atoms with Crippen molar-refractivity contribution >= 4 is 5.91 Å². The van der Waals surface area contributed by atoms with E-state index in [9.17, 15) is 4.79 Å². The van der Waals surface area contributed by atoms with Gasteiger partial charge in [0.05, 0.1) is 13.0 Å². The first kappa shape index (κ1) is 16.1. The van der Waals surface area contributed by atoms with Crippen LogP contribution in [0.15, 0.2) is 48.5 Å². The van der Waals surface area contributed by atoms with Crippen LogP contribution >= 0.6 is 0 Å². The highest BCUT2D eigenvalue weighted by molar-refractivity contribution is 5.78. The number of rotatable bonds is 7. The topological polar surface area (TPSA) is 38.3 Å². The molecule has 0 saturated heterocycles. The highest BCUT2D eigenvalue weighted by atomic mass is 16.5. The van der Waals surface area contributed by atoms with Gasteiger partial charge in [-0.1, -0.05) is 49.4 Å². The summed E-state index contributed by atoms with van der Waals surface area (Å²) in [6, 6.07) is 16.0.